The van der Waals surface area contributed by atoms with E-state index in [-0.39, 0.29) is 23.9 Å². The zero-order valence-corrected chi connectivity index (χ0v) is 21.0. The first-order chi connectivity index (χ1) is 17.4. The standard InChI is InChI=1S/C32H32FNO2/c1-21-10-12-28(13-11-21)34(2)32(36)26-15-23-14-22(16-27(33)17-23)6-5-8-25-18-24-7-3-4-9-30(24)31(25)20-29(35)19-26/h3-4,7,9-14,16-17,26H,5-6,8,15,18-20H2,1-2H3/t26-/m1/s1. The third-order valence-corrected chi connectivity index (χ3v) is 7.57. The van der Waals surface area contributed by atoms with E-state index in [0.717, 1.165) is 53.6 Å². The van der Waals surface area contributed by atoms with E-state index in [1.807, 2.05) is 49.4 Å². The first-order valence-electron chi connectivity index (χ1n) is 12.8. The molecule has 0 heterocycles. The van der Waals surface area contributed by atoms with Gasteiger partial charge in [-0.25, -0.2) is 4.39 Å². The molecule has 0 spiro atoms. The third kappa shape index (κ3) is 5.18. The highest BCUT2D eigenvalue weighted by atomic mass is 19.1. The number of hydrogen-bond donors (Lipinski definition) is 0. The fourth-order valence-corrected chi connectivity index (χ4v) is 5.69. The second-order valence-corrected chi connectivity index (χ2v) is 10.3. The maximum atomic E-state index is 14.5. The number of ketones is 1. The molecular weight excluding hydrogens is 449 g/mol. The Morgan fingerprint density at radius 2 is 1.67 bits per heavy atom. The smallest absolute Gasteiger partial charge is 0.230 e. The Morgan fingerprint density at radius 3 is 2.47 bits per heavy atom. The van der Waals surface area contributed by atoms with Crippen molar-refractivity contribution in [3.05, 3.63) is 106 Å². The number of rotatable bonds is 2. The molecule has 2 bridgehead atoms. The van der Waals surface area contributed by atoms with Gasteiger partial charge in [-0.2, -0.15) is 0 Å². The molecule has 0 unspecified atom stereocenters. The van der Waals surface area contributed by atoms with E-state index in [1.54, 1.807) is 18.0 Å². The maximum Gasteiger partial charge on any atom is 0.230 e. The van der Waals surface area contributed by atoms with Gasteiger partial charge >= 0.3 is 0 Å². The van der Waals surface area contributed by atoms with Gasteiger partial charge in [-0.1, -0.05) is 53.6 Å². The lowest BCUT2D eigenvalue weighted by molar-refractivity contribution is -0.127. The summed E-state index contributed by atoms with van der Waals surface area (Å²) in [4.78, 5) is 28.8. The van der Waals surface area contributed by atoms with Crippen LogP contribution in [0.1, 0.15) is 53.5 Å². The van der Waals surface area contributed by atoms with Gasteiger partial charge in [0.05, 0.1) is 0 Å². The molecule has 0 aliphatic heterocycles. The summed E-state index contributed by atoms with van der Waals surface area (Å²) in [5.74, 6) is -0.894. The normalized spacial score (nSPS) is 18.0. The van der Waals surface area contributed by atoms with Crippen molar-refractivity contribution in [2.24, 2.45) is 5.92 Å². The predicted molar refractivity (Wildman–Crippen MR) is 142 cm³/mol. The summed E-state index contributed by atoms with van der Waals surface area (Å²) < 4.78 is 14.5. The number of amides is 1. The molecule has 0 N–H and O–H groups in total. The van der Waals surface area contributed by atoms with E-state index in [1.165, 1.54) is 22.8 Å². The highest BCUT2D eigenvalue weighted by Crippen LogP contribution is 2.38. The summed E-state index contributed by atoms with van der Waals surface area (Å²) in [5.41, 5.74) is 8.50. The molecular formula is C32H32FNO2. The number of fused-ring (bicyclic) bond motifs is 4. The number of Topliss-reactive ketones (excluding diaryl/α,β-unsaturated/α-hetero) is 1. The minimum atomic E-state index is -0.556. The van der Waals surface area contributed by atoms with Crippen LogP contribution in [0.5, 0.6) is 0 Å². The quantitative estimate of drug-likeness (QED) is 0.411. The van der Waals surface area contributed by atoms with Crippen LogP contribution in [-0.2, 0) is 28.9 Å². The van der Waals surface area contributed by atoms with Crippen LogP contribution in [0.2, 0.25) is 0 Å². The van der Waals surface area contributed by atoms with Gasteiger partial charge in [-0.15, -0.1) is 0 Å². The van der Waals surface area contributed by atoms with Crippen LogP contribution < -0.4 is 4.90 Å². The Kier molecular flexibility index (Phi) is 6.86. The van der Waals surface area contributed by atoms with Crippen molar-refractivity contribution in [2.45, 2.75) is 51.9 Å². The summed E-state index contributed by atoms with van der Waals surface area (Å²) in [6.45, 7) is 2.01. The maximum absolute atomic E-state index is 14.5. The molecule has 184 valence electrons. The number of nitrogens with zero attached hydrogens (tertiary/aromatic N) is 1. The van der Waals surface area contributed by atoms with Crippen LogP contribution in [0.15, 0.2) is 72.3 Å². The van der Waals surface area contributed by atoms with Crippen molar-refractivity contribution in [3.63, 3.8) is 0 Å². The van der Waals surface area contributed by atoms with E-state index >= 15 is 0 Å². The van der Waals surface area contributed by atoms with Gasteiger partial charge in [0, 0.05) is 31.5 Å². The lowest BCUT2D eigenvalue weighted by Gasteiger charge is -2.24. The fourth-order valence-electron chi connectivity index (χ4n) is 5.69. The molecule has 36 heavy (non-hydrogen) atoms. The largest absolute Gasteiger partial charge is 0.315 e. The lowest BCUT2D eigenvalue weighted by atomic mass is 9.89. The van der Waals surface area contributed by atoms with E-state index in [4.69, 9.17) is 0 Å². The molecule has 4 heteroatoms. The number of anilines is 1. The van der Waals surface area contributed by atoms with Crippen LogP contribution >= 0.6 is 0 Å². The van der Waals surface area contributed by atoms with Gasteiger partial charge in [0.25, 0.3) is 0 Å². The Bertz CT molecular complexity index is 1340. The average Bonchev–Trinajstić information content (AvgIpc) is 3.19. The van der Waals surface area contributed by atoms with Crippen molar-refractivity contribution in [1.29, 1.82) is 0 Å². The van der Waals surface area contributed by atoms with E-state index in [2.05, 4.69) is 12.1 Å². The minimum absolute atomic E-state index is 0.0609. The molecule has 0 saturated carbocycles. The molecule has 0 saturated heterocycles. The molecule has 0 fully saturated rings. The highest BCUT2D eigenvalue weighted by Gasteiger charge is 2.29. The predicted octanol–water partition coefficient (Wildman–Crippen LogP) is 6.65. The molecule has 2 aliphatic carbocycles. The van der Waals surface area contributed by atoms with Gasteiger partial charge in [0.15, 0.2) is 0 Å². The zero-order chi connectivity index (χ0) is 25.2. The zero-order valence-electron chi connectivity index (χ0n) is 21.0. The molecule has 5 rings (SSSR count). The van der Waals surface area contributed by atoms with Gasteiger partial charge in [-0.3, -0.25) is 9.59 Å². The van der Waals surface area contributed by atoms with Crippen LogP contribution in [0.3, 0.4) is 0 Å². The summed E-state index contributed by atoms with van der Waals surface area (Å²) in [5, 5.41) is 0. The van der Waals surface area contributed by atoms with Crippen molar-refractivity contribution in [2.75, 3.05) is 11.9 Å². The Labute approximate surface area is 212 Å². The van der Waals surface area contributed by atoms with E-state index < -0.39 is 5.92 Å². The third-order valence-electron chi connectivity index (χ3n) is 7.57. The van der Waals surface area contributed by atoms with Crippen molar-refractivity contribution < 1.29 is 14.0 Å². The van der Waals surface area contributed by atoms with Gasteiger partial charge in [-0.05, 0) is 91.1 Å². The number of hydrogen-bond acceptors (Lipinski definition) is 2. The summed E-state index contributed by atoms with van der Waals surface area (Å²) in [6.07, 6.45) is 4.26. The Balaban J connectivity index is 1.49. The van der Waals surface area contributed by atoms with Crippen molar-refractivity contribution in [3.8, 4) is 0 Å². The number of benzene rings is 3. The monoisotopic (exact) mass is 481 g/mol. The Morgan fingerprint density at radius 1 is 0.917 bits per heavy atom. The van der Waals surface area contributed by atoms with Crippen LogP contribution in [0.25, 0.3) is 5.57 Å². The average molecular weight is 482 g/mol. The summed E-state index contributed by atoms with van der Waals surface area (Å²) in [7, 11) is 1.75. The van der Waals surface area contributed by atoms with Crippen LogP contribution in [0.4, 0.5) is 10.1 Å². The fraction of sp³-hybridized carbons (Fsp3) is 0.312. The minimum Gasteiger partial charge on any atom is -0.315 e. The highest BCUT2D eigenvalue weighted by molar-refractivity contribution is 5.99. The molecule has 2 aliphatic rings. The summed E-state index contributed by atoms with van der Waals surface area (Å²) in [6, 6.07) is 21.2. The first-order valence-corrected chi connectivity index (χ1v) is 12.8. The molecule has 3 aromatic carbocycles. The second-order valence-electron chi connectivity index (χ2n) is 10.3. The lowest BCUT2D eigenvalue weighted by Crippen LogP contribution is -2.35. The number of allylic oxidation sites excluding steroid dienone is 2. The number of carbonyl (C=O) groups excluding carboxylic acids is 2. The molecule has 3 aromatic rings. The van der Waals surface area contributed by atoms with E-state index in [9.17, 15) is 14.0 Å². The van der Waals surface area contributed by atoms with Crippen LogP contribution in [0, 0.1) is 18.7 Å². The molecule has 1 amide bonds. The topological polar surface area (TPSA) is 37.4 Å². The Hall–Kier alpha value is -3.53. The van der Waals surface area contributed by atoms with Crippen molar-refractivity contribution >= 4 is 23.0 Å². The van der Waals surface area contributed by atoms with Crippen molar-refractivity contribution in [1.82, 2.24) is 0 Å². The second kappa shape index (κ2) is 10.2. The molecule has 0 radical (unpaired) electrons. The van der Waals surface area contributed by atoms with Gasteiger partial charge in [0.2, 0.25) is 5.91 Å². The summed E-state index contributed by atoms with van der Waals surface area (Å²) >= 11 is 0. The molecule has 0 aromatic heterocycles. The van der Waals surface area contributed by atoms with Gasteiger partial charge < -0.3 is 4.90 Å². The number of carbonyl (C=O) groups is 2. The number of aryl methyl sites for hydroxylation is 2. The number of halogens is 1. The molecule has 1 atom stereocenters. The van der Waals surface area contributed by atoms with E-state index in [0.29, 0.717) is 12.8 Å². The first kappa shape index (κ1) is 24.2. The SMILES string of the molecule is Cc1ccc(N(C)C(=O)[C@H]2CC(=O)CC3=C(CCCc4cc(F)cc(c4)C2)Cc2ccccc23)cc1. The van der Waals surface area contributed by atoms with Gasteiger partial charge in [0.1, 0.15) is 11.6 Å². The van der Waals surface area contributed by atoms with Crippen LogP contribution in [-0.4, -0.2) is 18.7 Å². The molecule has 3 nitrogen and oxygen atoms in total.